The van der Waals surface area contributed by atoms with Gasteiger partial charge in [0.1, 0.15) is 0 Å². The normalized spacial score (nSPS) is 12.2. The number of fused-ring (bicyclic) bond motifs is 1. The van der Waals surface area contributed by atoms with Gasteiger partial charge in [-0.25, -0.2) is 4.79 Å². The zero-order valence-electron chi connectivity index (χ0n) is 14.9. The molecule has 2 amide bonds. The Kier molecular flexibility index (Phi) is 5.17. The first-order chi connectivity index (χ1) is 11.2. The fraction of sp³-hybridized carbons (Fsp3) is 0.444. The van der Waals surface area contributed by atoms with E-state index >= 15 is 0 Å². The van der Waals surface area contributed by atoms with E-state index in [0.29, 0.717) is 6.54 Å². The van der Waals surface area contributed by atoms with Crippen molar-refractivity contribution >= 4 is 22.9 Å². The Labute approximate surface area is 141 Å². The molecule has 0 saturated carbocycles. The predicted molar refractivity (Wildman–Crippen MR) is 94.2 cm³/mol. The highest BCUT2D eigenvalue weighted by molar-refractivity contribution is 5.88. The molecule has 0 aliphatic carbocycles. The lowest BCUT2D eigenvalue weighted by Gasteiger charge is -2.20. The van der Waals surface area contributed by atoms with Gasteiger partial charge in [0.25, 0.3) is 0 Å². The number of rotatable bonds is 5. The minimum absolute atomic E-state index is 0.172. The summed E-state index contributed by atoms with van der Waals surface area (Å²) in [6.45, 7) is 8.30. The Balaban J connectivity index is 2.12. The number of amides is 2. The second-order valence-electron chi connectivity index (χ2n) is 6.50. The lowest BCUT2D eigenvalue weighted by Crippen LogP contribution is -2.40. The fourth-order valence-electron chi connectivity index (χ4n) is 2.81. The van der Waals surface area contributed by atoms with Gasteiger partial charge in [-0.15, -0.1) is 0 Å². The van der Waals surface area contributed by atoms with Crippen molar-refractivity contribution in [2.45, 2.75) is 34.2 Å². The molecule has 6 nitrogen and oxygen atoms in total. The third-order valence-corrected chi connectivity index (χ3v) is 4.39. The summed E-state index contributed by atoms with van der Waals surface area (Å²) in [5.74, 6) is -1.51. The molecule has 3 N–H and O–H groups in total. The molecule has 1 unspecified atom stereocenters. The lowest BCUT2D eigenvalue weighted by molar-refractivity contribution is -0.141. The molecular weight excluding hydrogens is 306 g/mol. The van der Waals surface area contributed by atoms with Gasteiger partial charge in [0.15, 0.2) is 0 Å². The molecule has 0 aliphatic rings. The number of aryl methyl sites for hydroxylation is 3. The Morgan fingerprint density at radius 3 is 2.58 bits per heavy atom. The van der Waals surface area contributed by atoms with E-state index in [1.54, 1.807) is 14.0 Å². The third-order valence-electron chi connectivity index (χ3n) is 4.39. The first-order valence-corrected chi connectivity index (χ1v) is 8.00. The largest absolute Gasteiger partial charge is 0.481 e. The average Bonchev–Trinajstić information content (AvgIpc) is 2.80. The van der Waals surface area contributed by atoms with Gasteiger partial charge in [0.2, 0.25) is 0 Å². The van der Waals surface area contributed by atoms with Gasteiger partial charge in [0, 0.05) is 31.2 Å². The number of hydrogen-bond acceptors (Lipinski definition) is 2. The maximum Gasteiger partial charge on any atom is 0.317 e. The van der Waals surface area contributed by atoms with Crippen LogP contribution < -0.4 is 5.32 Å². The van der Waals surface area contributed by atoms with Gasteiger partial charge in [-0.05, 0) is 38.0 Å². The van der Waals surface area contributed by atoms with Crippen molar-refractivity contribution in [2.75, 3.05) is 13.6 Å². The number of carbonyl (C=O) groups is 2. The highest BCUT2D eigenvalue weighted by Crippen LogP contribution is 2.26. The number of aromatic nitrogens is 1. The van der Waals surface area contributed by atoms with Crippen LogP contribution in [0.3, 0.4) is 0 Å². The second-order valence-corrected chi connectivity index (χ2v) is 6.50. The number of carboxylic acid groups (broad SMARTS) is 1. The Hall–Kier alpha value is -2.50. The first kappa shape index (κ1) is 17.8. The monoisotopic (exact) mass is 331 g/mol. The maximum absolute atomic E-state index is 12.2. The summed E-state index contributed by atoms with van der Waals surface area (Å²) in [5, 5.41) is 13.0. The maximum atomic E-state index is 12.2. The number of hydrogen-bond donors (Lipinski definition) is 3. The summed E-state index contributed by atoms with van der Waals surface area (Å²) in [6.07, 6.45) is 0. The zero-order valence-corrected chi connectivity index (χ0v) is 14.9. The minimum Gasteiger partial charge on any atom is -0.481 e. The van der Waals surface area contributed by atoms with E-state index in [9.17, 15) is 9.59 Å². The fourth-order valence-corrected chi connectivity index (χ4v) is 2.81. The van der Waals surface area contributed by atoms with Crippen LogP contribution in [-0.4, -0.2) is 40.6 Å². The van der Waals surface area contributed by atoms with Crippen LogP contribution in [0.1, 0.15) is 29.3 Å². The molecule has 0 fully saturated rings. The van der Waals surface area contributed by atoms with Crippen LogP contribution in [0.25, 0.3) is 10.9 Å². The van der Waals surface area contributed by atoms with Crippen LogP contribution >= 0.6 is 0 Å². The number of aliphatic carboxylic acids is 1. The van der Waals surface area contributed by atoms with E-state index in [0.717, 1.165) is 22.3 Å². The highest BCUT2D eigenvalue weighted by atomic mass is 16.4. The van der Waals surface area contributed by atoms with Crippen molar-refractivity contribution in [1.29, 1.82) is 0 Å². The highest BCUT2D eigenvalue weighted by Gasteiger charge is 2.17. The summed E-state index contributed by atoms with van der Waals surface area (Å²) in [6, 6.07) is 3.91. The molecule has 1 aromatic heterocycles. The van der Waals surface area contributed by atoms with Gasteiger partial charge in [-0.3, -0.25) is 4.79 Å². The SMILES string of the molecule is Cc1cc(CNC(=O)N(C)CC(C)C(=O)O)c2[nH]c(C)c(C)c2c1. The number of benzene rings is 1. The van der Waals surface area contributed by atoms with Crippen LogP contribution in [0.15, 0.2) is 12.1 Å². The standard InChI is InChI=1S/C18H25N3O3/c1-10-6-14(16-15(7-10)12(3)13(4)20-16)8-19-18(24)21(5)9-11(2)17(22)23/h6-7,11,20H,8-9H2,1-5H3,(H,19,24)(H,22,23). The zero-order chi connectivity index (χ0) is 18.0. The molecule has 0 radical (unpaired) electrons. The number of nitrogens with zero attached hydrogens (tertiary/aromatic N) is 1. The van der Waals surface area contributed by atoms with Crippen LogP contribution in [-0.2, 0) is 11.3 Å². The number of H-pyrrole nitrogens is 1. The summed E-state index contributed by atoms with van der Waals surface area (Å²) < 4.78 is 0. The Bertz CT molecular complexity index is 779. The number of aromatic amines is 1. The summed E-state index contributed by atoms with van der Waals surface area (Å²) in [5.41, 5.74) is 5.54. The molecule has 0 aliphatic heterocycles. The van der Waals surface area contributed by atoms with Gasteiger partial charge >= 0.3 is 12.0 Å². The smallest absolute Gasteiger partial charge is 0.317 e. The van der Waals surface area contributed by atoms with Crippen molar-refractivity contribution in [3.63, 3.8) is 0 Å². The van der Waals surface area contributed by atoms with Crippen molar-refractivity contribution in [3.05, 3.63) is 34.5 Å². The van der Waals surface area contributed by atoms with Crippen LogP contribution in [0.4, 0.5) is 4.79 Å². The van der Waals surface area contributed by atoms with Crippen molar-refractivity contribution in [2.24, 2.45) is 5.92 Å². The van der Waals surface area contributed by atoms with Crippen LogP contribution in [0.5, 0.6) is 0 Å². The number of carbonyl (C=O) groups excluding carboxylic acids is 1. The van der Waals surface area contributed by atoms with E-state index in [1.807, 2.05) is 13.8 Å². The number of urea groups is 1. The van der Waals surface area contributed by atoms with Crippen LogP contribution in [0, 0.1) is 26.7 Å². The molecule has 1 aromatic carbocycles. The number of nitrogens with one attached hydrogen (secondary N) is 2. The first-order valence-electron chi connectivity index (χ1n) is 8.00. The molecule has 1 heterocycles. The van der Waals surface area contributed by atoms with Crippen molar-refractivity contribution in [3.8, 4) is 0 Å². The van der Waals surface area contributed by atoms with Gasteiger partial charge in [-0.1, -0.05) is 18.6 Å². The molecule has 130 valence electrons. The molecule has 6 heteroatoms. The summed E-state index contributed by atoms with van der Waals surface area (Å²) >= 11 is 0. The molecular formula is C18H25N3O3. The Morgan fingerprint density at radius 1 is 1.29 bits per heavy atom. The summed E-state index contributed by atoms with van der Waals surface area (Å²) in [4.78, 5) is 27.9. The average molecular weight is 331 g/mol. The molecule has 0 spiro atoms. The Morgan fingerprint density at radius 2 is 1.96 bits per heavy atom. The van der Waals surface area contributed by atoms with Gasteiger partial charge < -0.3 is 20.3 Å². The van der Waals surface area contributed by atoms with Gasteiger partial charge in [-0.2, -0.15) is 0 Å². The molecule has 0 saturated heterocycles. The van der Waals surface area contributed by atoms with Crippen molar-refractivity contribution < 1.29 is 14.7 Å². The van der Waals surface area contributed by atoms with E-state index in [1.165, 1.54) is 15.8 Å². The minimum atomic E-state index is -0.910. The lowest BCUT2D eigenvalue weighted by atomic mass is 10.0. The summed E-state index contributed by atoms with van der Waals surface area (Å²) in [7, 11) is 1.60. The molecule has 2 rings (SSSR count). The predicted octanol–water partition coefficient (Wildman–Crippen LogP) is 2.96. The third kappa shape index (κ3) is 3.69. The second kappa shape index (κ2) is 6.95. The van der Waals surface area contributed by atoms with E-state index in [2.05, 4.69) is 29.4 Å². The van der Waals surface area contributed by atoms with E-state index in [-0.39, 0.29) is 12.6 Å². The van der Waals surface area contributed by atoms with Crippen LogP contribution in [0.2, 0.25) is 0 Å². The molecule has 1 atom stereocenters. The molecule has 2 aromatic rings. The topological polar surface area (TPSA) is 85.4 Å². The van der Waals surface area contributed by atoms with Gasteiger partial charge in [0.05, 0.1) is 11.4 Å². The van der Waals surface area contributed by atoms with Crippen molar-refractivity contribution in [1.82, 2.24) is 15.2 Å². The van der Waals surface area contributed by atoms with E-state index < -0.39 is 11.9 Å². The quantitative estimate of drug-likeness (QED) is 0.787. The molecule has 24 heavy (non-hydrogen) atoms. The molecule has 0 bridgehead atoms. The van der Waals surface area contributed by atoms with E-state index in [4.69, 9.17) is 5.11 Å². The number of carboxylic acids is 1.